The van der Waals surface area contributed by atoms with Gasteiger partial charge in [-0.3, -0.25) is 0 Å². The van der Waals surface area contributed by atoms with Crippen LogP contribution in [0.2, 0.25) is 0 Å². The SMILES string of the molecule is C=CCCC1CC(CC)CCN1. The first-order chi connectivity index (χ1) is 5.86. The molecule has 0 aromatic rings. The molecule has 2 atom stereocenters. The molecule has 0 aromatic heterocycles. The number of allylic oxidation sites excluding steroid dienone is 1. The third-order valence-electron chi connectivity index (χ3n) is 2.90. The molecule has 1 heteroatoms. The van der Waals surface area contributed by atoms with Crippen molar-refractivity contribution in [3.05, 3.63) is 12.7 Å². The average molecular weight is 167 g/mol. The fourth-order valence-electron chi connectivity index (χ4n) is 2.00. The van der Waals surface area contributed by atoms with E-state index in [1.165, 1.54) is 32.2 Å². The van der Waals surface area contributed by atoms with Gasteiger partial charge >= 0.3 is 0 Å². The summed E-state index contributed by atoms with van der Waals surface area (Å²) in [5.41, 5.74) is 0. The zero-order valence-corrected chi connectivity index (χ0v) is 8.18. The van der Waals surface area contributed by atoms with E-state index < -0.39 is 0 Å². The summed E-state index contributed by atoms with van der Waals surface area (Å²) in [4.78, 5) is 0. The van der Waals surface area contributed by atoms with Crippen molar-refractivity contribution < 1.29 is 0 Å². The monoisotopic (exact) mass is 167 g/mol. The quantitative estimate of drug-likeness (QED) is 0.635. The number of nitrogens with one attached hydrogen (secondary N) is 1. The molecule has 2 unspecified atom stereocenters. The van der Waals surface area contributed by atoms with E-state index in [-0.39, 0.29) is 0 Å². The molecule has 0 radical (unpaired) electrons. The summed E-state index contributed by atoms with van der Waals surface area (Å²) in [5, 5.41) is 3.57. The van der Waals surface area contributed by atoms with Gasteiger partial charge in [-0.15, -0.1) is 6.58 Å². The highest BCUT2D eigenvalue weighted by molar-refractivity contribution is 4.80. The lowest BCUT2D eigenvalue weighted by Crippen LogP contribution is -2.37. The van der Waals surface area contributed by atoms with Gasteiger partial charge in [-0.25, -0.2) is 0 Å². The Hall–Kier alpha value is -0.300. The van der Waals surface area contributed by atoms with Gasteiger partial charge in [0.05, 0.1) is 0 Å². The zero-order chi connectivity index (χ0) is 8.81. The summed E-state index contributed by atoms with van der Waals surface area (Å²) >= 11 is 0. The molecule has 1 N–H and O–H groups in total. The summed E-state index contributed by atoms with van der Waals surface area (Å²) < 4.78 is 0. The molecule has 12 heavy (non-hydrogen) atoms. The Morgan fingerprint density at radius 1 is 1.58 bits per heavy atom. The summed E-state index contributed by atoms with van der Waals surface area (Å²) in [6.45, 7) is 7.29. The van der Waals surface area contributed by atoms with E-state index in [9.17, 15) is 0 Å². The van der Waals surface area contributed by atoms with Crippen LogP contribution in [0.1, 0.15) is 39.0 Å². The number of piperidine rings is 1. The lowest BCUT2D eigenvalue weighted by atomic mass is 9.88. The van der Waals surface area contributed by atoms with Crippen molar-refractivity contribution >= 4 is 0 Å². The maximum Gasteiger partial charge on any atom is 0.00726 e. The smallest absolute Gasteiger partial charge is 0.00726 e. The summed E-state index contributed by atoms with van der Waals surface area (Å²) in [6.07, 6.45) is 8.57. The van der Waals surface area contributed by atoms with Crippen LogP contribution in [0.4, 0.5) is 0 Å². The first kappa shape index (κ1) is 9.79. The fourth-order valence-corrected chi connectivity index (χ4v) is 2.00. The molecular weight excluding hydrogens is 146 g/mol. The average Bonchev–Trinajstić information content (AvgIpc) is 2.15. The third kappa shape index (κ3) is 2.98. The topological polar surface area (TPSA) is 12.0 Å². The minimum absolute atomic E-state index is 0.765. The van der Waals surface area contributed by atoms with E-state index in [1.54, 1.807) is 0 Å². The van der Waals surface area contributed by atoms with Crippen LogP contribution < -0.4 is 5.32 Å². The van der Waals surface area contributed by atoms with Crippen molar-refractivity contribution in [1.82, 2.24) is 5.32 Å². The molecule has 0 spiro atoms. The van der Waals surface area contributed by atoms with E-state index >= 15 is 0 Å². The Balaban J connectivity index is 2.20. The number of hydrogen-bond donors (Lipinski definition) is 1. The van der Waals surface area contributed by atoms with Gasteiger partial charge in [0, 0.05) is 6.04 Å². The fraction of sp³-hybridized carbons (Fsp3) is 0.818. The van der Waals surface area contributed by atoms with E-state index in [2.05, 4.69) is 18.8 Å². The molecule has 1 heterocycles. The first-order valence-corrected chi connectivity index (χ1v) is 5.21. The van der Waals surface area contributed by atoms with Gasteiger partial charge < -0.3 is 5.32 Å². The van der Waals surface area contributed by atoms with Crippen molar-refractivity contribution in [2.45, 2.75) is 45.1 Å². The highest BCUT2D eigenvalue weighted by Crippen LogP contribution is 2.21. The number of hydrogen-bond acceptors (Lipinski definition) is 1. The van der Waals surface area contributed by atoms with Crippen LogP contribution in [0.3, 0.4) is 0 Å². The minimum Gasteiger partial charge on any atom is -0.314 e. The van der Waals surface area contributed by atoms with Crippen LogP contribution in [-0.2, 0) is 0 Å². The lowest BCUT2D eigenvalue weighted by Gasteiger charge is -2.29. The van der Waals surface area contributed by atoms with E-state index in [0.29, 0.717) is 0 Å². The van der Waals surface area contributed by atoms with Crippen molar-refractivity contribution in [2.24, 2.45) is 5.92 Å². The van der Waals surface area contributed by atoms with Crippen molar-refractivity contribution in [2.75, 3.05) is 6.54 Å². The van der Waals surface area contributed by atoms with Crippen LogP contribution in [-0.4, -0.2) is 12.6 Å². The predicted molar refractivity (Wildman–Crippen MR) is 54.2 cm³/mol. The van der Waals surface area contributed by atoms with Crippen LogP contribution >= 0.6 is 0 Å². The van der Waals surface area contributed by atoms with Crippen LogP contribution in [0.25, 0.3) is 0 Å². The van der Waals surface area contributed by atoms with Gasteiger partial charge in [-0.1, -0.05) is 19.4 Å². The Labute approximate surface area is 76.2 Å². The molecule has 1 aliphatic rings. The molecule has 1 aliphatic heterocycles. The lowest BCUT2D eigenvalue weighted by molar-refractivity contribution is 0.286. The number of rotatable bonds is 4. The molecule has 1 nitrogen and oxygen atoms in total. The predicted octanol–water partition coefficient (Wildman–Crippen LogP) is 2.73. The highest BCUT2D eigenvalue weighted by Gasteiger charge is 2.18. The van der Waals surface area contributed by atoms with Crippen LogP contribution in [0.15, 0.2) is 12.7 Å². The van der Waals surface area contributed by atoms with Gasteiger partial charge in [0.2, 0.25) is 0 Å². The maximum absolute atomic E-state index is 3.76. The second-order valence-corrected chi connectivity index (χ2v) is 3.82. The first-order valence-electron chi connectivity index (χ1n) is 5.21. The molecule has 0 saturated carbocycles. The van der Waals surface area contributed by atoms with Crippen molar-refractivity contribution in [1.29, 1.82) is 0 Å². The van der Waals surface area contributed by atoms with Crippen LogP contribution in [0.5, 0.6) is 0 Å². The van der Waals surface area contributed by atoms with E-state index in [4.69, 9.17) is 0 Å². The van der Waals surface area contributed by atoms with E-state index in [1.807, 2.05) is 6.08 Å². The van der Waals surface area contributed by atoms with Crippen molar-refractivity contribution in [3.63, 3.8) is 0 Å². The Morgan fingerprint density at radius 3 is 3.08 bits per heavy atom. The van der Waals surface area contributed by atoms with Gasteiger partial charge in [0.25, 0.3) is 0 Å². The summed E-state index contributed by atoms with van der Waals surface area (Å²) in [6, 6.07) is 0.765. The second kappa shape index (κ2) is 5.36. The molecule has 0 aliphatic carbocycles. The molecule has 1 saturated heterocycles. The van der Waals surface area contributed by atoms with Gasteiger partial charge in [-0.2, -0.15) is 0 Å². The Bertz CT molecular complexity index is 131. The standard InChI is InChI=1S/C11H21N/c1-3-5-6-11-9-10(4-2)7-8-12-11/h3,10-12H,1,4-9H2,2H3. The van der Waals surface area contributed by atoms with E-state index in [0.717, 1.165) is 18.4 Å². The molecule has 1 rings (SSSR count). The summed E-state index contributed by atoms with van der Waals surface area (Å²) in [7, 11) is 0. The molecule has 70 valence electrons. The van der Waals surface area contributed by atoms with Gasteiger partial charge in [0.1, 0.15) is 0 Å². The Morgan fingerprint density at radius 2 is 2.42 bits per heavy atom. The van der Waals surface area contributed by atoms with Gasteiger partial charge in [-0.05, 0) is 38.1 Å². The highest BCUT2D eigenvalue weighted by atomic mass is 14.9. The molecular formula is C11H21N. The Kier molecular flexibility index (Phi) is 4.37. The molecule has 0 bridgehead atoms. The third-order valence-corrected chi connectivity index (χ3v) is 2.90. The molecule has 1 fully saturated rings. The van der Waals surface area contributed by atoms with Crippen LogP contribution in [0, 0.1) is 5.92 Å². The minimum atomic E-state index is 0.765. The maximum atomic E-state index is 3.76. The van der Waals surface area contributed by atoms with Crippen molar-refractivity contribution in [3.8, 4) is 0 Å². The molecule has 0 amide bonds. The second-order valence-electron chi connectivity index (χ2n) is 3.82. The summed E-state index contributed by atoms with van der Waals surface area (Å²) in [5.74, 6) is 0.973. The van der Waals surface area contributed by atoms with Gasteiger partial charge in [0.15, 0.2) is 0 Å². The zero-order valence-electron chi connectivity index (χ0n) is 8.18. The largest absolute Gasteiger partial charge is 0.314 e. The molecule has 0 aromatic carbocycles. The normalized spacial score (nSPS) is 30.1.